The number of aromatic nitrogens is 2. The summed E-state index contributed by atoms with van der Waals surface area (Å²) >= 11 is 0. The summed E-state index contributed by atoms with van der Waals surface area (Å²) in [6.07, 6.45) is 1.96. The average Bonchev–Trinajstić information content (AvgIpc) is 3.18. The number of hydrogen-bond acceptors (Lipinski definition) is 6. The van der Waals surface area contributed by atoms with Gasteiger partial charge in [0.15, 0.2) is 17.3 Å². The highest BCUT2D eigenvalue weighted by Crippen LogP contribution is 2.47. The maximum Gasteiger partial charge on any atom is 0.277 e. The second-order valence-electron chi connectivity index (χ2n) is 8.06. The van der Waals surface area contributed by atoms with Crippen LogP contribution in [-0.4, -0.2) is 36.9 Å². The fraction of sp³-hybridized carbons (Fsp3) is 0.280. The van der Waals surface area contributed by atoms with Gasteiger partial charge in [-0.3, -0.25) is 14.7 Å². The van der Waals surface area contributed by atoms with E-state index in [0.29, 0.717) is 46.3 Å². The Balaban J connectivity index is 1.77. The molecule has 170 valence electrons. The van der Waals surface area contributed by atoms with Crippen molar-refractivity contribution in [1.82, 2.24) is 9.78 Å². The molecule has 2 aliphatic rings. The quantitative estimate of drug-likeness (QED) is 0.619. The fourth-order valence-corrected chi connectivity index (χ4v) is 4.80. The predicted octanol–water partition coefficient (Wildman–Crippen LogP) is 3.76. The van der Waals surface area contributed by atoms with Gasteiger partial charge >= 0.3 is 0 Å². The van der Waals surface area contributed by atoms with E-state index in [1.807, 2.05) is 42.5 Å². The summed E-state index contributed by atoms with van der Waals surface area (Å²) in [5.41, 5.74) is 3.19. The number of para-hydroxylation sites is 1. The molecule has 1 aliphatic carbocycles. The topological polar surface area (TPSA) is 94.6 Å². The molecule has 0 fully saturated rings. The summed E-state index contributed by atoms with van der Waals surface area (Å²) in [6, 6.07) is 13.0. The number of anilines is 1. The van der Waals surface area contributed by atoms with E-state index in [4.69, 9.17) is 14.2 Å². The van der Waals surface area contributed by atoms with Crippen LogP contribution in [0.1, 0.15) is 36.3 Å². The number of rotatable bonds is 5. The minimum Gasteiger partial charge on any atom is -0.493 e. The lowest BCUT2D eigenvalue weighted by atomic mass is 9.76. The van der Waals surface area contributed by atoms with E-state index in [0.717, 1.165) is 24.1 Å². The van der Waals surface area contributed by atoms with Crippen LogP contribution in [0.15, 0.2) is 58.5 Å². The second-order valence-corrected chi connectivity index (χ2v) is 8.06. The number of ketones is 1. The van der Waals surface area contributed by atoms with Crippen molar-refractivity contribution < 1.29 is 19.0 Å². The van der Waals surface area contributed by atoms with Crippen molar-refractivity contribution in [1.29, 1.82) is 0 Å². The molecule has 0 bridgehead atoms. The number of methoxy groups -OCH3 is 3. The third kappa shape index (κ3) is 3.29. The number of fused-ring (bicyclic) bond motifs is 1. The van der Waals surface area contributed by atoms with Gasteiger partial charge in [-0.25, -0.2) is 4.68 Å². The third-order valence-electron chi connectivity index (χ3n) is 6.27. The fourth-order valence-electron chi connectivity index (χ4n) is 4.80. The van der Waals surface area contributed by atoms with Crippen molar-refractivity contribution in [2.24, 2.45) is 0 Å². The lowest BCUT2D eigenvalue weighted by Crippen LogP contribution is -2.30. The second kappa shape index (κ2) is 8.20. The number of allylic oxidation sites excluding steroid dienone is 2. The van der Waals surface area contributed by atoms with Gasteiger partial charge in [-0.15, -0.1) is 0 Å². The van der Waals surface area contributed by atoms with Crippen molar-refractivity contribution in [3.63, 3.8) is 0 Å². The Labute approximate surface area is 190 Å². The molecule has 5 rings (SSSR count). The molecule has 2 N–H and O–H groups in total. The average molecular weight is 447 g/mol. The number of nitrogens with zero attached hydrogens (tertiary/aromatic N) is 1. The van der Waals surface area contributed by atoms with Gasteiger partial charge in [0.05, 0.1) is 32.6 Å². The number of benzene rings is 2. The minimum absolute atomic E-state index is 0.0417. The monoisotopic (exact) mass is 447 g/mol. The van der Waals surface area contributed by atoms with E-state index in [1.54, 1.807) is 21.3 Å². The van der Waals surface area contributed by atoms with Gasteiger partial charge in [-0.1, -0.05) is 18.2 Å². The molecule has 2 heterocycles. The molecular weight excluding hydrogens is 422 g/mol. The van der Waals surface area contributed by atoms with Gasteiger partial charge in [0.2, 0.25) is 5.75 Å². The maximum absolute atomic E-state index is 13.7. The Morgan fingerprint density at radius 1 is 0.939 bits per heavy atom. The van der Waals surface area contributed by atoms with Gasteiger partial charge in [0.25, 0.3) is 5.56 Å². The molecule has 33 heavy (non-hydrogen) atoms. The van der Waals surface area contributed by atoms with E-state index < -0.39 is 5.92 Å². The van der Waals surface area contributed by atoms with E-state index in [-0.39, 0.29) is 11.3 Å². The van der Waals surface area contributed by atoms with Crippen molar-refractivity contribution >= 4 is 11.6 Å². The van der Waals surface area contributed by atoms with Crippen LogP contribution in [0.2, 0.25) is 0 Å². The number of nitrogens with one attached hydrogen (secondary N) is 2. The van der Waals surface area contributed by atoms with Crippen LogP contribution in [-0.2, 0) is 4.79 Å². The summed E-state index contributed by atoms with van der Waals surface area (Å²) in [7, 11) is 4.63. The molecule has 0 saturated heterocycles. The Hall–Kier alpha value is -3.94. The molecule has 3 aromatic rings. The maximum atomic E-state index is 13.7. The predicted molar refractivity (Wildman–Crippen MR) is 124 cm³/mol. The molecular formula is C25H25N3O5. The molecule has 1 aliphatic heterocycles. The van der Waals surface area contributed by atoms with E-state index >= 15 is 0 Å². The number of carbonyl (C=O) groups is 1. The largest absolute Gasteiger partial charge is 0.493 e. The highest BCUT2D eigenvalue weighted by atomic mass is 16.5. The lowest BCUT2D eigenvalue weighted by Gasteiger charge is -2.31. The summed E-state index contributed by atoms with van der Waals surface area (Å²) in [5.74, 6) is 1.47. The Kier molecular flexibility index (Phi) is 5.20. The summed E-state index contributed by atoms with van der Waals surface area (Å²) < 4.78 is 18.1. The zero-order valence-electron chi connectivity index (χ0n) is 18.7. The molecule has 1 aromatic heterocycles. The summed E-state index contributed by atoms with van der Waals surface area (Å²) in [4.78, 5) is 26.8. The van der Waals surface area contributed by atoms with Gasteiger partial charge in [-0.05, 0) is 42.7 Å². The van der Waals surface area contributed by atoms with Crippen LogP contribution in [0.4, 0.5) is 5.82 Å². The van der Waals surface area contributed by atoms with Gasteiger partial charge < -0.3 is 19.5 Å². The molecule has 0 amide bonds. The molecule has 1 atom stereocenters. The minimum atomic E-state index is -0.563. The van der Waals surface area contributed by atoms with Crippen molar-refractivity contribution in [2.75, 3.05) is 26.6 Å². The normalized spacial score (nSPS) is 17.2. The lowest BCUT2D eigenvalue weighted by molar-refractivity contribution is -0.116. The van der Waals surface area contributed by atoms with Crippen LogP contribution in [0.5, 0.6) is 17.2 Å². The van der Waals surface area contributed by atoms with Gasteiger partial charge in [0.1, 0.15) is 5.82 Å². The van der Waals surface area contributed by atoms with E-state index in [1.165, 1.54) is 4.68 Å². The molecule has 0 spiro atoms. The SMILES string of the molecule is COc1cc([C@H]2C3=C(CCCC3=O)Nc3[nH]n(-c4ccccc4)c(=O)c32)cc(OC)c1OC. The first-order valence-corrected chi connectivity index (χ1v) is 10.8. The zero-order chi connectivity index (χ0) is 23.1. The van der Waals surface area contributed by atoms with Crippen LogP contribution in [0.25, 0.3) is 5.69 Å². The Morgan fingerprint density at radius 2 is 1.64 bits per heavy atom. The van der Waals surface area contributed by atoms with Crippen LogP contribution in [0, 0.1) is 0 Å². The van der Waals surface area contributed by atoms with Crippen LogP contribution >= 0.6 is 0 Å². The molecule has 8 nitrogen and oxygen atoms in total. The highest BCUT2D eigenvalue weighted by molar-refractivity contribution is 6.01. The van der Waals surface area contributed by atoms with Crippen LogP contribution in [0.3, 0.4) is 0 Å². The number of ether oxygens (including phenoxy) is 3. The number of H-pyrrole nitrogens is 1. The molecule has 0 radical (unpaired) electrons. The summed E-state index contributed by atoms with van der Waals surface area (Å²) in [6.45, 7) is 0. The first-order chi connectivity index (χ1) is 16.1. The third-order valence-corrected chi connectivity index (χ3v) is 6.27. The standard InChI is InChI=1S/C25H25N3O5/c1-31-18-12-14(13-19(32-2)23(18)33-3)20-21-16(10-7-11-17(21)29)26-24-22(20)25(30)28(27-24)15-8-5-4-6-9-15/h4-6,8-9,12-13,20,26-27H,7,10-11H2,1-3H3/t20-/m0/s1. The van der Waals surface area contributed by atoms with Crippen LogP contribution < -0.4 is 25.1 Å². The molecule has 8 heteroatoms. The van der Waals surface area contributed by atoms with Gasteiger partial charge in [-0.2, -0.15) is 0 Å². The van der Waals surface area contributed by atoms with Crippen molar-refractivity contribution in [3.05, 3.63) is 75.2 Å². The number of carbonyl (C=O) groups excluding carboxylic acids is 1. The zero-order valence-corrected chi connectivity index (χ0v) is 18.7. The number of Topliss-reactive ketones (excluding diaryl/α,β-unsaturated/α-hetero) is 1. The molecule has 0 unspecified atom stereocenters. The Morgan fingerprint density at radius 3 is 2.27 bits per heavy atom. The summed E-state index contributed by atoms with van der Waals surface area (Å²) in [5, 5.41) is 6.54. The van der Waals surface area contributed by atoms with E-state index in [9.17, 15) is 9.59 Å². The van der Waals surface area contributed by atoms with Gasteiger partial charge in [0, 0.05) is 23.6 Å². The first-order valence-electron chi connectivity index (χ1n) is 10.8. The van der Waals surface area contributed by atoms with E-state index in [2.05, 4.69) is 10.4 Å². The first kappa shape index (κ1) is 20.9. The number of aromatic amines is 1. The molecule has 0 saturated carbocycles. The number of hydrogen-bond donors (Lipinski definition) is 2. The van der Waals surface area contributed by atoms with Crippen molar-refractivity contribution in [2.45, 2.75) is 25.2 Å². The molecule has 2 aromatic carbocycles. The highest BCUT2D eigenvalue weighted by Gasteiger charge is 2.39. The smallest absolute Gasteiger partial charge is 0.277 e. The Bertz CT molecular complexity index is 1290. The van der Waals surface area contributed by atoms with Crippen molar-refractivity contribution in [3.8, 4) is 22.9 Å².